The van der Waals surface area contributed by atoms with Crippen molar-refractivity contribution in [1.82, 2.24) is 0 Å². The van der Waals surface area contributed by atoms with Gasteiger partial charge in [-0.05, 0) is 42.8 Å². The SMILES string of the molecule is Cc1ccc(F)cc1C(=O)c1ccc(F)c(F)c1. The standard InChI is InChI=1S/C14H9F3O/c1-8-2-4-10(15)7-11(8)14(18)9-3-5-12(16)13(17)6-9/h2-7H,1H3. The van der Waals surface area contributed by atoms with Crippen LogP contribution in [0.3, 0.4) is 0 Å². The lowest BCUT2D eigenvalue weighted by Crippen LogP contribution is -2.05. The fraction of sp³-hybridized carbons (Fsp3) is 0.0714. The summed E-state index contributed by atoms with van der Waals surface area (Å²) in [6.07, 6.45) is 0. The number of rotatable bonds is 2. The molecule has 0 saturated heterocycles. The van der Waals surface area contributed by atoms with Crippen LogP contribution < -0.4 is 0 Å². The Labute approximate surface area is 102 Å². The zero-order valence-electron chi connectivity index (χ0n) is 9.51. The Morgan fingerprint density at radius 3 is 2.33 bits per heavy atom. The zero-order chi connectivity index (χ0) is 13.3. The molecular formula is C14H9F3O. The van der Waals surface area contributed by atoms with Gasteiger partial charge in [0.1, 0.15) is 5.82 Å². The molecule has 0 spiro atoms. The van der Waals surface area contributed by atoms with Crippen LogP contribution in [0.5, 0.6) is 0 Å². The van der Waals surface area contributed by atoms with Gasteiger partial charge in [-0.25, -0.2) is 13.2 Å². The molecule has 0 aliphatic heterocycles. The highest BCUT2D eigenvalue weighted by Gasteiger charge is 2.14. The molecule has 2 aromatic carbocycles. The van der Waals surface area contributed by atoms with Gasteiger partial charge in [-0.15, -0.1) is 0 Å². The van der Waals surface area contributed by atoms with Gasteiger partial charge in [0.2, 0.25) is 0 Å². The Hall–Kier alpha value is -2.10. The fourth-order valence-corrected chi connectivity index (χ4v) is 1.63. The van der Waals surface area contributed by atoms with Crippen LogP contribution in [0.2, 0.25) is 0 Å². The van der Waals surface area contributed by atoms with E-state index in [1.54, 1.807) is 6.92 Å². The maximum absolute atomic E-state index is 13.1. The van der Waals surface area contributed by atoms with E-state index in [1.807, 2.05) is 0 Å². The van der Waals surface area contributed by atoms with E-state index in [0.717, 1.165) is 18.2 Å². The number of hydrogen-bond acceptors (Lipinski definition) is 1. The van der Waals surface area contributed by atoms with Crippen LogP contribution in [0.1, 0.15) is 21.5 Å². The summed E-state index contributed by atoms with van der Waals surface area (Å²) in [7, 11) is 0. The smallest absolute Gasteiger partial charge is 0.193 e. The second kappa shape index (κ2) is 4.64. The molecular weight excluding hydrogens is 241 g/mol. The summed E-state index contributed by atoms with van der Waals surface area (Å²) in [5.41, 5.74) is 0.703. The van der Waals surface area contributed by atoms with E-state index in [-0.39, 0.29) is 11.1 Å². The monoisotopic (exact) mass is 250 g/mol. The van der Waals surface area contributed by atoms with Gasteiger partial charge in [0.05, 0.1) is 0 Å². The summed E-state index contributed by atoms with van der Waals surface area (Å²) in [6, 6.07) is 6.63. The second-order valence-electron chi connectivity index (χ2n) is 3.92. The number of carbonyl (C=O) groups excluding carboxylic acids is 1. The molecule has 0 heterocycles. The predicted octanol–water partition coefficient (Wildman–Crippen LogP) is 3.64. The summed E-state index contributed by atoms with van der Waals surface area (Å²) in [5, 5.41) is 0. The van der Waals surface area contributed by atoms with Crippen LogP contribution in [-0.4, -0.2) is 5.78 Å². The van der Waals surface area contributed by atoms with Crippen molar-refractivity contribution in [3.8, 4) is 0 Å². The average molecular weight is 250 g/mol. The summed E-state index contributed by atoms with van der Waals surface area (Å²) >= 11 is 0. The Bertz CT molecular complexity index is 620. The molecule has 0 fully saturated rings. The molecule has 1 nitrogen and oxygen atoms in total. The Balaban J connectivity index is 2.47. The van der Waals surface area contributed by atoms with Gasteiger partial charge >= 0.3 is 0 Å². The highest BCUT2D eigenvalue weighted by molar-refractivity contribution is 6.09. The van der Waals surface area contributed by atoms with Crippen molar-refractivity contribution in [2.24, 2.45) is 0 Å². The first-order chi connectivity index (χ1) is 8.49. The quantitative estimate of drug-likeness (QED) is 0.743. The molecule has 0 amide bonds. The van der Waals surface area contributed by atoms with Gasteiger partial charge in [0.15, 0.2) is 17.4 Å². The maximum atomic E-state index is 13.1. The number of benzene rings is 2. The minimum atomic E-state index is -1.10. The van der Waals surface area contributed by atoms with Gasteiger partial charge in [-0.1, -0.05) is 6.07 Å². The molecule has 92 valence electrons. The number of aryl methyl sites for hydroxylation is 1. The molecule has 0 aliphatic rings. The Morgan fingerprint density at radius 2 is 1.67 bits per heavy atom. The van der Waals surface area contributed by atoms with E-state index in [0.29, 0.717) is 5.56 Å². The summed E-state index contributed by atoms with van der Waals surface area (Å²) in [6.45, 7) is 1.65. The normalized spacial score (nSPS) is 10.4. The molecule has 0 radical (unpaired) electrons. The molecule has 4 heteroatoms. The molecule has 0 aromatic heterocycles. The van der Waals surface area contributed by atoms with Gasteiger partial charge in [-0.3, -0.25) is 4.79 Å². The molecule has 0 bridgehead atoms. The highest BCUT2D eigenvalue weighted by atomic mass is 19.2. The Kier molecular flexibility index (Phi) is 3.19. The predicted molar refractivity (Wildman–Crippen MR) is 60.9 cm³/mol. The first kappa shape index (κ1) is 12.4. The molecule has 0 saturated carbocycles. The van der Waals surface area contributed by atoms with E-state index < -0.39 is 23.2 Å². The van der Waals surface area contributed by atoms with Crippen molar-refractivity contribution in [3.05, 3.63) is 70.5 Å². The van der Waals surface area contributed by atoms with Gasteiger partial charge < -0.3 is 0 Å². The molecule has 18 heavy (non-hydrogen) atoms. The molecule has 2 rings (SSSR count). The van der Waals surface area contributed by atoms with Gasteiger partial charge in [0.25, 0.3) is 0 Å². The summed E-state index contributed by atoms with van der Waals surface area (Å²) in [4.78, 5) is 12.0. The van der Waals surface area contributed by atoms with Crippen molar-refractivity contribution >= 4 is 5.78 Å². The Morgan fingerprint density at radius 1 is 0.944 bits per heavy atom. The number of ketones is 1. The van der Waals surface area contributed by atoms with Crippen LogP contribution in [0.15, 0.2) is 36.4 Å². The third-order valence-electron chi connectivity index (χ3n) is 2.63. The lowest BCUT2D eigenvalue weighted by Gasteiger charge is -2.05. The minimum Gasteiger partial charge on any atom is -0.289 e. The van der Waals surface area contributed by atoms with Gasteiger partial charge in [-0.2, -0.15) is 0 Å². The lowest BCUT2D eigenvalue weighted by molar-refractivity contribution is 0.103. The highest BCUT2D eigenvalue weighted by Crippen LogP contribution is 2.17. The van der Waals surface area contributed by atoms with Crippen LogP contribution in [0.25, 0.3) is 0 Å². The molecule has 0 atom stereocenters. The minimum absolute atomic E-state index is 0.0115. The maximum Gasteiger partial charge on any atom is 0.193 e. The molecule has 0 unspecified atom stereocenters. The third-order valence-corrected chi connectivity index (χ3v) is 2.63. The van der Waals surface area contributed by atoms with Crippen molar-refractivity contribution in [2.45, 2.75) is 6.92 Å². The lowest BCUT2D eigenvalue weighted by atomic mass is 9.99. The van der Waals surface area contributed by atoms with E-state index in [1.165, 1.54) is 18.2 Å². The largest absolute Gasteiger partial charge is 0.289 e. The number of halogens is 3. The zero-order valence-corrected chi connectivity index (χ0v) is 9.51. The first-order valence-corrected chi connectivity index (χ1v) is 5.25. The van der Waals surface area contributed by atoms with E-state index >= 15 is 0 Å². The first-order valence-electron chi connectivity index (χ1n) is 5.25. The van der Waals surface area contributed by atoms with E-state index in [9.17, 15) is 18.0 Å². The molecule has 0 N–H and O–H groups in total. The van der Waals surface area contributed by atoms with Crippen molar-refractivity contribution in [1.29, 1.82) is 0 Å². The van der Waals surface area contributed by atoms with Crippen LogP contribution >= 0.6 is 0 Å². The number of carbonyl (C=O) groups is 1. The summed E-state index contributed by atoms with van der Waals surface area (Å²) < 4.78 is 38.9. The number of hydrogen-bond donors (Lipinski definition) is 0. The second-order valence-corrected chi connectivity index (χ2v) is 3.92. The fourth-order valence-electron chi connectivity index (χ4n) is 1.63. The summed E-state index contributed by atoms with van der Waals surface area (Å²) in [5.74, 6) is -3.21. The van der Waals surface area contributed by atoms with E-state index in [2.05, 4.69) is 0 Å². The van der Waals surface area contributed by atoms with Crippen molar-refractivity contribution < 1.29 is 18.0 Å². The molecule has 2 aromatic rings. The van der Waals surface area contributed by atoms with Crippen LogP contribution in [0.4, 0.5) is 13.2 Å². The van der Waals surface area contributed by atoms with Crippen molar-refractivity contribution in [2.75, 3.05) is 0 Å². The van der Waals surface area contributed by atoms with Gasteiger partial charge in [0, 0.05) is 11.1 Å². The topological polar surface area (TPSA) is 17.1 Å². The average Bonchev–Trinajstić information content (AvgIpc) is 2.35. The third kappa shape index (κ3) is 2.27. The van der Waals surface area contributed by atoms with E-state index in [4.69, 9.17) is 0 Å². The molecule has 0 aliphatic carbocycles. The van der Waals surface area contributed by atoms with Crippen LogP contribution in [-0.2, 0) is 0 Å². The van der Waals surface area contributed by atoms with Crippen LogP contribution in [0, 0.1) is 24.4 Å². The van der Waals surface area contributed by atoms with Crippen molar-refractivity contribution in [3.63, 3.8) is 0 Å².